The summed E-state index contributed by atoms with van der Waals surface area (Å²) in [6, 6.07) is 2.48. The van der Waals surface area contributed by atoms with Crippen molar-refractivity contribution in [1.29, 1.82) is 5.41 Å². The highest BCUT2D eigenvalue weighted by Crippen LogP contribution is 2.22. The van der Waals surface area contributed by atoms with Crippen LogP contribution in [0, 0.1) is 11.2 Å². The molecule has 0 bridgehead atoms. The van der Waals surface area contributed by atoms with Gasteiger partial charge in [0.1, 0.15) is 5.82 Å². The summed E-state index contributed by atoms with van der Waals surface area (Å²) in [5.74, 6) is -0.549. The first kappa shape index (κ1) is 12.9. The average Bonchev–Trinajstić information content (AvgIpc) is 2.14. The van der Waals surface area contributed by atoms with Gasteiger partial charge in [-0.3, -0.25) is 0 Å². The van der Waals surface area contributed by atoms with E-state index in [2.05, 4.69) is 0 Å². The number of halogens is 2. The Balaban J connectivity index is 0.000000791. The Hall–Kier alpha value is -1.09. The van der Waals surface area contributed by atoms with E-state index in [9.17, 15) is 4.39 Å². The summed E-state index contributed by atoms with van der Waals surface area (Å²) in [5.41, 5.74) is 6.44. The second-order valence-corrected chi connectivity index (χ2v) is 2.89. The molecule has 0 atom stereocenters. The maximum Gasteiger partial charge on any atom is 0.142 e. The lowest BCUT2D eigenvalue weighted by molar-refractivity contribution is 0.628. The summed E-state index contributed by atoms with van der Waals surface area (Å²) in [4.78, 5) is 0. The molecule has 0 unspecified atom stereocenters. The van der Waals surface area contributed by atoms with Gasteiger partial charge in [-0.1, -0.05) is 25.4 Å². The van der Waals surface area contributed by atoms with Gasteiger partial charge in [-0.15, -0.1) is 0 Å². The van der Waals surface area contributed by atoms with E-state index < -0.39 is 5.82 Å². The van der Waals surface area contributed by atoms with Crippen LogP contribution in [0.5, 0.6) is 0 Å². The fraction of sp³-hybridized carbons (Fsp3) is 0.300. The Kier molecular flexibility index (Phi) is 5.16. The van der Waals surface area contributed by atoms with E-state index in [1.807, 2.05) is 13.8 Å². The van der Waals surface area contributed by atoms with E-state index >= 15 is 0 Å². The van der Waals surface area contributed by atoms with Crippen LogP contribution in [-0.4, -0.2) is 5.71 Å². The monoisotopic (exact) mass is 216 g/mol. The fourth-order valence-electron chi connectivity index (χ4n) is 0.887. The van der Waals surface area contributed by atoms with Crippen molar-refractivity contribution in [2.75, 3.05) is 5.73 Å². The molecule has 1 aromatic rings. The molecule has 0 aliphatic heterocycles. The molecule has 0 radical (unpaired) electrons. The summed E-state index contributed by atoms with van der Waals surface area (Å²) in [7, 11) is 0. The summed E-state index contributed by atoms with van der Waals surface area (Å²) in [6.45, 7) is 5.54. The van der Waals surface area contributed by atoms with E-state index in [0.717, 1.165) is 0 Å². The van der Waals surface area contributed by atoms with Crippen molar-refractivity contribution in [3.05, 3.63) is 28.5 Å². The first-order chi connectivity index (χ1) is 6.52. The van der Waals surface area contributed by atoms with Gasteiger partial charge in [0.25, 0.3) is 0 Å². The van der Waals surface area contributed by atoms with Crippen LogP contribution in [0.1, 0.15) is 26.3 Å². The number of hydrogen-bond donors (Lipinski definition) is 2. The van der Waals surface area contributed by atoms with Crippen LogP contribution >= 0.6 is 11.6 Å². The van der Waals surface area contributed by atoms with Crippen LogP contribution in [0.15, 0.2) is 12.1 Å². The number of nitrogens with one attached hydrogen (secondary N) is 1. The molecule has 2 nitrogen and oxygen atoms in total. The number of hydrogen-bond acceptors (Lipinski definition) is 2. The fourth-order valence-corrected chi connectivity index (χ4v) is 1.06. The van der Waals surface area contributed by atoms with Crippen molar-refractivity contribution in [3.8, 4) is 0 Å². The third-order valence-electron chi connectivity index (χ3n) is 1.50. The predicted molar refractivity (Wildman–Crippen MR) is 59.7 cm³/mol. The molecule has 0 saturated heterocycles. The van der Waals surface area contributed by atoms with E-state index in [4.69, 9.17) is 22.7 Å². The quantitative estimate of drug-likeness (QED) is 0.548. The maximum atomic E-state index is 12.8. The molecule has 0 heterocycles. The van der Waals surface area contributed by atoms with Crippen LogP contribution in [0.2, 0.25) is 5.02 Å². The number of benzene rings is 1. The zero-order chi connectivity index (χ0) is 11.3. The van der Waals surface area contributed by atoms with E-state index in [1.54, 1.807) is 6.92 Å². The van der Waals surface area contributed by atoms with Gasteiger partial charge in [0.05, 0.1) is 5.02 Å². The lowest BCUT2D eigenvalue weighted by Gasteiger charge is -2.04. The second kappa shape index (κ2) is 5.60. The molecule has 14 heavy (non-hydrogen) atoms. The molecule has 0 aromatic heterocycles. The highest BCUT2D eigenvalue weighted by atomic mass is 35.5. The molecule has 78 valence electrons. The summed E-state index contributed by atoms with van der Waals surface area (Å²) in [5, 5.41) is 7.24. The van der Waals surface area contributed by atoms with Gasteiger partial charge >= 0.3 is 0 Å². The van der Waals surface area contributed by atoms with Crippen molar-refractivity contribution in [2.24, 2.45) is 0 Å². The molecule has 0 saturated carbocycles. The maximum absolute atomic E-state index is 12.8. The minimum Gasteiger partial charge on any atom is -0.398 e. The van der Waals surface area contributed by atoms with Crippen molar-refractivity contribution >= 4 is 23.0 Å². The van der Waals surface area contributed by atoms with Crippen LogP contribution < -0.4 is 5.73 Å². The minimum absolute atomic E-state index is 0.0162. The molecule has 0 spiro atoms. The van der Waals surface area contributed by atoms with Gasteiger partial charge in [0.2, 0.25) is 0 Å². The molecule has 0 fully saturated rings. The highest BCUT2D eigenvalue weighted by molar-refractivity contribution is 6.31. The van der Waals surface area contributed by atoms with E-state index in [1.165, 1.54) is 12.1 Å². The molecule has 1 rings (SSSR count). The third kappa shape index (κ3) is 3.00. The van der Waals surface area contributed by atoms with Crippen molar-refractivity contribution < 1.29 is 4.39 Å². The molecular weight excluding hydrogens is 203 g/mol. The topological polar surface area (TPSA) is 49.9 Å². The van der Waals surface area contributed by atoms with Gasteiger partial charge in [-0.2, -0.15) is 0 Å². The Morgan fingerprint density at radius 2 is 1.93 bits per heavy atom. The molecule has 1 aromatic carbocycles. The van der Waals surface area contributed by atoms with Crippen molar-refractivity contribution in [2.45, 2.75) is 20.8 Å². The Morgan fingerprint density at radius 1 is 1.43 bits per heavy atom. The van der Waals surface area contributed by atoms with Crippen molar-refractivity contribution in [1.82, 2.24) is 0 Å². The lowest BCUT2D eigenvalue weighted by Crippen LogP contribution is -2.00. The normalized spacial score (nSPS) is 8.93. The molecule has 0 aliphatic carbocycles. The minimum atomic E-state index is -0.549. The standard InChI is InChI=1S/C8H8ClFN2.C2H6/c1-4(11)5-2-7(10)6(9)3-8(5)12;1-2/h2-3,11H,12H2,1H3;1-2H3. The van der Waals surface area contributed by atoms with Gasteiger partial charge < -0.3 is 11.1 Å². The molecule has 4 heteroatoms. The zero-order valence-electron chi connectivity index (χ0n) is 8.49. The van der Waals surface area contributed by atoms with Gasteiger partial charge in [0, 0.05) is 17.0 Å². The second-order valence-electron chi connectivity index (χ2n) is 2.48. The van der Waals surface area contributed by atoms with Gasteiger partial charge in [-0.05, 0) is 19.1 Å². The summed E-state index contributed by atoms with van der Waals surface area (Å²) in [6.07, 6.45) is 0. The summed E-state index contributed by atoms with van der Waals surface area (Å²) < 4.78 is 12.8. The van der Waals surface area contributed by atoms with E-state index in [0.29, 0.717) is 11.3 Å². The third-order valence-corrected chi connectivity index (χ3v) is 1.79. The Morgan fingerprint density at radius 3 is 2.36 bits per heavy atom. The van der Waals surface area contributed by atoms with Gasteiger partial charge in [-0.25, -0.2) is 4.39 Å². The largest absolute Gasteiger partial charge is 0.398 e. The number of anilines is 1. The average molecular weight is 217 g/mol. The first-order valence-electron chi connectivity index (χ1n) is 4.32. The lowest BCUT2D eigenvalue weighted by atomic mass is 10.1. The first-order valence-corrected chi connectivity index (χ1v) is 4.70. The molecule has 3 N–H and O–H groups in total. The van der Waals surface area contributed by atoms with Crippen molar-refractivity contribution in [3.63, 3.8) is 0 Å². The number of nitrogen functional groups attached to an aromatic ring is 1. The zero-order valence-corrected chi connectivity index (χ0v) is 9.24. The molecular formula is C10H14ClFN2. The molecule has 0 aliphatic rings. The highest BCUT2D eigenvalue weighted by Gasteiger charge is 2.06. The van der Waals surface area contributed by atoms with Crippen LogP contribution in [0.25, 0.3) is 0 Å². The Bertz CT molecular complexity index is 337. The van der Waals surface area contributed by atoms with Gasteiger partial charge in [0.15, 0.2) is 0 Å². The summed E-state index contributed by atoms with van der Waals surface area (Å²) >= 11 is 5.47. The number of rotatable bonds is 1. The Labute approximate surface area is 88.4 Å². The van der Waals surface area contributed by atoms with E-state index in [-0.39, 0.29) is 10.7 Å². The smallest absolute Gasteiger partial charge is 0.142 e. The van der Waals surface area contributed by atoms with Crippen LogP contribution in [-0.2, 0) is 0 Å². The van der Waals surface area contributed by atoms with Crippen LogP contribution in [0.3, 0.4) is 0 Å². The van der Waals surface area contributed by atoms with Crippen LogP contribution in [0.4, 0.5) is 10.1 Å². The number of nitrogens with two attached hydrogens (primary N) is 1. The SMILES string of the molecule is CC.CC(=N)c1cc(F)c(Cl)cc1N. The predicted octanol–water partition coefficient (Wildman–Crippen LogP) is 3.48. The molecule has 0 amide bonds.